The quantitative estimate of drug-likeness (QED) is 0.537. The molecule has 7 nitrogen and oxygen atoms in total. The number of halogens is 3. The molecule has 0 heterocycles. The van der Waals surface area contributed by atoms with Crippen LogP contribution in [0, 0.1) is 11.3 Å². The van der Waals surface area contributed by atoms with Gasteiger partial charge in [-0.2, -0.15) is 13.2 Å². The number of amides is 1. The van der Waals surface area contributed by atoms with E-state index in [1.54, 1.807) is 6.07 Å². The van der Waals surface area contributed by atoms with Gasteiger partial charge in [0.1, 0.15) is 0 Å². The van der Waals surface area contributed by atoms with Crippen molar-refractivity contribution in [3.63, 3.8) is 0 Å². The summed E-state index contributed by atoms with van der Waals surface area (Å²) in [5.41, 5.74) is -1.46. The minimum atomic E-state index is -4.33. The summed E-state index contributed by atoms with van der Waals surface area (Å²) in [6, 6.07) is 8.66. The number of sulfone groups is 1. The predicted octanol–water partition coefficient (Wildman–Crippen LogP) is 4.65. The zero-order valence-electron chi connectivity index (χ0n) is 20.8. The van der Waals surface area contributed by atoms with Crippen molar-refractivity contribution in [3.8, 4) is 0 Å². The molecule has 12 heteroatoms. The van der Waals surface area contributed by atoms with Crippen molar-refractivity contribution in [1.29, 1.82) is 0 Å². The minimum Gasteiger partial charge on any atom is -0.349 e. The summed E-state index contributed by atoms with van der Waals surface area (Å²) in [5, 5.41) is 2.69. The number of carbonyl (C=O) groups is 1. The van der Waals surface area contributed by atoms with Crippen molar-refractivity contribution in [2.75, 3.05) is 11.0 Å². The van der Waals surface area contributed by atoms with Crippen LogP contribution in [0.3, 0.4) is 0 Å². The number of sulfonamides is 1. The molecule has 3 saturated carbocycles. The maximum Gasteiger partial charge on any atom is 0.394 e. The number of rotatable bonds is 6. The molecule has 0 saturated heterocycles. The highest BCUT2D eigenvalue weighted by molar-refractivity contribution is 7.92. The molecular formula is C25H29F3N2O5S2. The van der Waals surface area contributed by atoms with E-state index in [1.807, 2.05) is 20.8 Å². The van der Waals surface area contributed by atoms with Gasteiger partial charge in [0, 0.05) is 12.3 Å². The highest BCUT2D eigenvalue weighted by Gasteiger charge is 2.69. The van der Waals surface area contributed by atoms with Crippen LogP contribution in [0.15, 0.2) is 52.3 Å². The smallest absolute Gasteiger partial charge is 0.349 e. The molecule has 37 heavy (non-hydrogen) atoms. The van der Waals surface area contributed by atoms with Gasteiger partial charge in [-0.25, -0.2) is 16.8 Å². The average Bonchev–Trinajstić information content (AvgIpc) is 3.28. The van der Waals surface area contributed by atoms with E-state index in [0.717, 1.165) is 24.0 Å². The lowest BCUT2D eigenvalue weighted by Crippen LogP contribution is -2.42. The number of benzene rings is 2. The number of fused-ring (bicyclic) bond motifs is 1. The first-order chi connectivity index (χ1) is 16.8. The highest BCUT2D eigenvalue weighted by Crippen LogP contribution is 2.66. The van der Waals surface area contributed by atoms with Crippen LogP contribution in [0.1, 0.15) is 56.0 Å². The minimum absolute atomic E-state index is 0.0190. The molecule has 1 amide bonds. The number of anilines is 1. The van der Waals surface area contributed by atoms with Crippen LogP contribution in [-0.4, -0.2) is 41.2 Å². The van der Waals surface area contributed by atoms with Crippen LogP contribution in [0.4, 0.5) is 18.9 Å². The molecule has 202 valence electrons. The Kier molecular flexibility index (Phi) is 6.47. The number of hydrogen-bond donors (Lipinski definition) is 2. The Morgan fingerprint density at radius 2 is 1.49 bits per heavy atom. The SMILES string of the molecule is CC(C)(C)c1ccc(C(=O)NC2CC3(C(F)(F)F)CC2C3)c(NS(=O)(=O)c2ccc(S(C)(=O)=O)cc2)c1. The Morgan fingerprint density at radius 3 is 1.97 bits per heavy atom. The summed E-state index contributed by atoms with van der Waals surface area (Å²) in [7, 11) is -7.76. The Bertz CT molecular complexity index is 1440. The van der Waals surface area contributed by atoms with Crippen molar-refractivity contribution in [2.45, 2.75) is 67.5 Å². The van der Waals surface area contributed by atoms with Gasteiger partial charge in [-0.05, 0) is 72.6 Å². The van der Waals surface area contributed by atoms with E-state index >= 15 is 0 Å². The third kappa shape index (κ3) is 5.22. The number of alkyl halides is 3. The van der Waals surface area contributed by atoms with Crippen LogP contribution in [0.2, 0.25) is 0 Å². The Labute approximate surface area is 214 Å². The van der Waals surface area contributed by atoms with Gasteiger partial charge in [0.05, 0.1) is 26.5 Å². The molecule has 2 aromatic rings. The van der Waals surface area contributed by atoms with E-state index in [4.69, 9.17) is 0 Å². The van der Waals surface area contributed by atoms with Crippen LogP contribution in [0.25, 0.3) is 0 Å². The molecule has 3 fully saturated rings. The van der Waals surface area contributed by atoms with Gasteiger partial charge >= 0.3 is 6.18 Å². The van der Waals surface area contributed by atoms with Crippen molar-refractivity contribution >= 4 is 31.5 Å². The molecule has 2 bridgehead atoms. The third-order valence-corrected chi connectivity index (χ3v) is 9.85. The second-order valence-electron chi connectivity index (χ2n) is 11.1. The Morgan fingerprint density at radius 1 is 0.919 bits per heavy atom. The molecule has 2 N–H and O–H groups in total. The fraction of sp³-hybridized carbons (Fsp3) is 0.480. The fourth-order valence-electron chi connectivity index (χ4n) is 5.11. The summed E-state index contributed by atoms with van der Waals surface area (Å²) in [6.45, 7) is 5.73. The molecule has 1 unspecified atom stereocenters. The summed E-state index contributed by atoms with van der Waals surface area (Å²) in [4.78, 5) is 12.9. The lowest BCUT2D eigenvalue weighted by atomic mass is 9.69. The zero-order valence-corrected chi connectivity index (χ0v) is 22.4. The van der Waals surface area contributed by atoms with E-state index in [9.17, 15) is 34.8 Å². The fourth-order valence-corrected chi connectivity index (χ4v) is 6.81. The zero-order chi connectivity index (χ0) is 27.6. The summed E-state index contributed by atoms with van der Waals surface area (Å²) in [6.07, 6.45) is -3.56. The van der Waals surface area contributed by atoms with Crippen LogP contribution in [-0.2, 0) is 25.3 Å². The van der Waals surface area contributed by atoms with Crippen LogP contribution in [0.5, 0.6) is 0 Å². The maximum atomic E-state index is 13.5. The van der Waals surface area contributed by atoms with E-state index in [-0.39, 0.29) is 46.2 Å². The summed E-state index contributed by atoms with van der Waals surface area (Å²) < 4.78 is 92.5. The van der Waals surface area contributed by atoms with Crippen molar-refractivity contribution in [2.24, 2.45) is 11.3 Å². The first-order valence-corrected chi connectivity index (χ1v) is 15.0. The van der Waals surface area contributed by atoms with E-state index < -0.39 is 48.8 Å². The molecule has 5 rings (SSSR count). The van der Waals surface area contributed by atoms with Gasteiger partial charge < -0.3 is 5.32 Å². The van der Waals surface area contributed by atoms with Gasteiger partial charge in [-0.1, -0.05) is 26.8 Å². The monoisotopic (exact) mass is 558 g/mol. The van der Waals surface area contributed by atoms with Crippen molar-refractivity contribution < 1.29 is 34.8 Å². The molecule has 0 radical (unpaired) electrons. The van der Waals surface area contributed by atoms with Crippen LogP contribution >= 0.6 is 0 Å². The van der Waals surface area contributed by atoms with Gasteiger partial charge in [0.15, 0.2) is 9.84 Å². The van der Waals surface area contributed by atoms with E-state index in [0.29, 0.717) is 0 Å². The van der Waals surface area contributed by atoms with Gasteiger partial charge in [-0.15, -0.1) is 0 Å². The maximum absolute atomic E-state index is 13.5. The molecule has 3 aliphatic carbocycles. The molecule has 1 atom stereocenters. The topological polar surface area (TPSA) is 109 Å². The molecule has 2 aromatic carbocycles. The molecule has 0 spiro atoms. The third-order valence-electron chi connectivity index (χ3n) is 7.34. The highest BCUT2D eigenvalue weighted by atomic mass is 32.2. The standard InChI is InChI=1S/C25H29F3N2O5S2/c1-23(2,3)16-5-10-19(22(31)29-21-14-24(25(26,27)28)12-15(21)13-24)20(11-16)30-37(34,35)18-8-6-17(7-9-18)36(4,32)33/h5-11,15,21,30H,12-14H2,1-4H3,(H,29,31). The number of carbonyl (C=O) groups excluding carboxylic acids is 1. The van der Waals surface area contributed by atoms with E-state index in [1.165, 1.54) is 24.3 Å². The molecule has 0 aliphatic heterocycles. The Balaban J connectivity index is 1.63. The van der Waals surface area contributed by atoms with Crippen LogP contribution < -0.4 is 10.0 Å². The molecular weight excluding hydrogens is 529 g/mol. The first kappa shape index (κ1) is 27.4. The van der Waals surface area contributed by atoms with Gasteiger partial charge in [0.25, 0.3) is 15.9 Å². The second-order valence-corrected chi connectivity index (χ2v) is 14.8. The van der Waals surface area contributed by atoms with Gasteiger partial charge in [0.2, 0.25) is 0 Å². The number of nitrogens with one attached hydrogen (secondary N) is 2. The lowest BCUT2D eigenvalue weighted by Gasteiger charge is -2.39. The van der Waals surface area contributed by atoms with Crippen molar-refractivity contribution in [1.82, 2.24) is 5.32 Å². The average molecular weight is 559 g/mol. The van der Waals surface area contributed by atoms with E-state index in [2.05, 4.69) is 10.0 Å². The lowest BCUT2D eigenvalue weighted by molar-refractivity contribution is -0.244. The number of hydrogen-bond acceptors (Lipinski definition) is 5. The Hall–Kier alpha value is -2.60. The predicted molar refractivity (Wildman–Crippen MR) is 133 cm³/mol. The van der Waals surface area contributed by atoms with Crippen molar-refractivity contribution in [3.05, 3.63) is 53.6 Å². The molecule has 3 aliphatic rings. The summed E-state index contributed by atoms with van der Waals surface area (Å²) in [5.74, 6) is -0.937. The second kappa shape index (κ2) is 8.72. The first-order valence-electron chi connectivity index (χ1n) is 11.7. The normalized spacial score (nSPS) is 23.9. The molecule has 0 aromatic heterocycles. The summed E-state index contributed by atoms with van der Waals surface area (Å²) >= 11 is 0. The largest absolute Gasteiger partial charge is 0.394 e. The van der Waals surface area contributed by atoms with Gasteiger partial charge in [-0.3, -0.25) is 9.52 Å².